The summed E-state index contributed by atoms with van der Waals surface area (Å²) in [4.78, 5) is 18.4. The third-order valence-electron chi connectivity index (χ3n) is 4.25. The molecule has 1 aliphatic heterocycles. The van der Waals surface area contributed by atoms with Gasteiger partial charge in [-0.25, -0.2) is 4.79 Å². The van der Waals surface area contributed by atoms with Crippen molar-refractivity contribution < 1.29 is 9.32 Å². The molecule has 1 fully saturated rings. The normalized spacial score (nSPS) is 14.9. The molecule has 2 aromatic rings. The van der Waals surface area contributed by atoms with Crippen LogP contribution in [0.25, 0.3) is 0 Å². The van der Waals surface area contributed by atoms with Gasteiger partial charge in [0.25, 0.3) is 0 Å². The number of likely N-dealkylation sites (tertiary alicyclic amines) is 1. The molecule has 0 saturated carbocycles. The highest BCUT2D eigenvalue weighted by Gasteiger charge is 2.35. The molecule has 23 heavy (non-hydrogen) atoms. The quantitative estimate of drug-likeness (QED) is 0.942. The predicted molar refractivity (Wildman–Crippen MR) is 87.6 cm³/mol. The van der Waals surface area contributed by atoms with Crippen molar-refractivity contribution in [3.8, 4) is 0 Å². The predicted octanol–water partition coefficient (Wildman–Crippen LogP) is 3.44. The van der Waals surface area contributed by atoms with Crippen LogP contribution >= 0.6 is 0 Å². The van der Waals surface area contributed by atoms with Crippen molar-refractivity contribution in [1.82, 2.24) is 15.0 Å². The Morgan fingerprint density at radius 3 is 2.65 bits per heavy atom. The van der Waals surface area contributed by atoms with E-state index in [-0.39, 0.29) is 17.9 Å². The molecule has 1 aromatic carbocycles. The molecule has 0 spiro atoms. The van der Waals surface area contributed by atoms with Crippen molar-refractivity contribution >= 4 is 11.7 Å². The summed E-state index contributed by atoms with van der Waals surface area (Å²) in [6.07, 6.45) is 0. The Bertz CT molecular complexity index is 717. The molecule has 1 aromatic heterocycles. The van der Waals surface area contributed by atoms with Gasteiger partial charge in [0.15, 0.2) is 5.82 Å². The van der Waals surface area contributed by atoms with Gasteiger partial charge in [-0.05, 0) is 37.1 Å². The molecule has 0 atom stereocenters. The summed E-state index contributed by atoms with van der Waals surface area (Å²) in [6, 6.07) is 5.82. The molecular formula is C17H22N4O2. The minimum absolute atomic E-state index is 0.0897. The molecule has 6 nitrogen and oxygen atoms in total. The molecule has 1 N–H and O–H groups in total. The lowest BCUT2D eigenvalue weighted by Gasteiger charge is -2.36. The second-order valence-corrected chi connectivity index (χ2v) is 6.48. The van der Waals surface area contributed by atoms with Crippen molar-refractivity contribution in [2.45, 2.75) is 39.5 Å². The molecule has 0 bridgehead atoms. The maximum Gasteiger partial charge on any atom is 0.321 e. The van der Waals surface area contributed by atoms with Gasteiger partial charge in [-0.3, -0.25) is 0 Å². The van der Waals surface area contributed by atoms with Gasteiger partial charge in [-0.2, -0.15) is 4.98 Å². The van der Waals surface area contributed by atoms with Crippen LogP contribution in [0.15, 0.2) is 22.7 Å². The average Bonchev–Trinajstić information content (AvgIpc) is 2.91. The Labute approximate surface area is 135 Å². The van der Waals surface area contributed by atoms with Crippen LogP contribution in [0.3, 0.4) is 0 Å². The summed E-state index contributed by atoms with van der Waals surface area (Å²) >= 11 is 0. The van der Waals surface area contributed by atoms with Crippen molar-refractivity contribution in [2.75, 3.05) is 18.4 Å². The first-order valence-electron chi connectivity index (χ1n) is 7.90. The summed E-state index contributed by atoms with van der Waals surface area (Å²) in [6.45, 7) is 9.35. The Morgan fingerprint density at radius 1 is 1.30 bits per heavy atom. The van der Waals surface area contributed by atoms with Crippen LogP contribution in [0.4, 0.5) is 10.5 Å². The zero-order valence-electron chi connectivity index (χ0n) is 14.0. The van der Waals surface area contributed by atoms with Crippen LogP contribution in [0.5, 0.6) is 0 Å². The highest BCUT2D eigenvalue weighted by molar-refractivity contribution is 5.90. The third kappa shape index (κ3) is 3.21. The number of nitrogens with zero attached hydrogens (tertiary/aromatic N) is 3. The van der Waals surface area contributed by atoms with E-state index in [4.69, 9.17) is 4.52 Å². The monoisotopic (exact) mass is 314 g/mol. The maximum absolute atomic E-state index is 12.2. The number of anilines is 1. The Morgan fingerprint density at radius 2 is 2.04 bits per heavy atom. The minimum Gasteiger partial charge on any atom is -0.339 e. The molecule has 2 heterocycles. The van der Waals surface area contributed by atoms with Gasteiger partial charge in [0.05, 0.1) is 5.92 Å². The number of hydrogen-bond acceptors (Lipinski definition) is 4. The summed E-state index contributed by atoms with van der Waals surface area (Å²) in [5.41, 5.74) is 3.20. The lowest BCUT2D eigenvalue weighted by Crippen LogP contribution is -2.50. The van der Waals surface area contributed by atoms with E-state index in [0.717, 1.165) is 17.1 Å². The second-order valence-electron chi connectivity index (χ2n) is 6.48. The fourth-order valence-corrected chi connectivity index (χ4v) is 2.47. The number of rotatable bonds is 3. The molecule has 3 rings (SSSR count). The number of hydrogen-bond donors (Lipinski definition) is 1. The van der Waals surface area contributed by atoms with E-state index in [9.17, 15) is 4.79 Å². The first-order chi connectivity index (χ1) is 10.9. The summed E-state index contributed by atoms with van der Waals surface area (Å²) in [7, 11) is 0. The number of carbonyl (C=O) groups is 1. The Balaban J connectivity index is 1.55. The molecule has 0 aliphatic carbocycles. The van der Waals surface area contributed by atoms with E-state index in [1.54, 1.807) is 4.90 Å². The zero-order valence-corrected chi connectivity index (χ0v) is 14.0. The lowest BCUT2D eigenvalue weighted by molar-refractivity contribution is 0.147. The number of aromatic nitrogens is 2. The molecule has 0 radical (unpaired) electrons. The highest BCUT2D eigenvalue weighted by atomic mass is 16.5. The van der Waals surface area contributed by atoms with Gasteiger partial charge in [0.2, 0.25) is 5.89 Å². The zero-order chi connectivity index (χ0) is 16.6. The topological polar surface area (TPSA) is 71.3 Å². The first kappa shape index (κ1) is 15.5. The van der Waals surface area contributed by atoms with E-state index in [0.29, 0.717) is 19.0 Å². The fourth-order valence-electron chi connectivity index (χ4n) is 2.47. The van der Waals surface area contributed by atoms with Gasteiger partial charge in [-0.1, -0.05) is 25.1 Å². The summed E-state index contributed by atoms with van der Waals surface area (Å²) in [5, 5.41) is 6.90. The summed E-state index contributed by atoms with van der Waals surface area (Å²) < 4.78 is 5.29. The van der Waals surface area contributed by atoms with Gasteiger partial charge in [0, 0.05) is 24.7 Å². The van der Waals surface area contributed by atoms with Gasteiger partial charge >= 0.3 is 6.03 Å². The third-order valence-corrected chi connectivity index (χ3v) is 4.25. The first-order valence-corrected chi connectivity index (χ1v) is 7.90. The van der Waals surface area contributed by atoms with E-state index in [1.165, 1.54) is 5.56 Å². The molecular weight excluding hydrogens is 292 g/mol. The SMILES string of the molecule is Cc1ccc(NC(=O)N2CC(c3nc(C(C)C)no3)C2)cc1C. The van der Waals surface area contributed by atoms with Gasteiger partial charge < -0.3 is 14.7 Å². The van der Waals surface area contributed by atoms with Crippen LogP contribution in [-0.4, -0.2) is 34.2 Å². The highest BCUT2D eigenvalue weighted by Crippen LogP contribution is 2.27. The van der Waals surface area contributed by atoms with Crippen molar-refractivity contribution in [1.29, 1.82) is 0 Å². The van der Waals surface area contributed by atoms with E-state index in [2.05, 4.69) is 22.4 Å². The number of amides is 2. The molecule has 1 aliphatic rings. The van der Waals surface area contributed by atoms with Crippen LogP contribution in [0.2, 0.25) is 0 Å². The number of benzene rings is 1. The largest absolute Gasteiger partial charge is 0.339 e. The molecule has 2 amide bonds. The molecule has 1 saturated heterocycles. The maximum atomic E-state index is 12.2. The van der Waals surface area contributed by atoms with Crippen molar-refractivity contribution in [2.24, 2.45) is 0 Å². The molecule has 6 heteroatoms. The molecule has 0 unspecified atom stereocenters. The molecule has 122 valence electrons. The second kappa shape index (κ2) is 6.02. The Hall–Kier alpha value is -2.37. The smallest absolute Gasteiger partial charge is 0.321 e. The van der Waals surface area contributed by atoms with Crippen LogP contribution in [-0.2, 0) is 0 Å². The van der Waals surface area contributed by atoms with Gasteiger partial charge in [-0.15, -0.1) is 0 Å². The van der Waals surface area contributed by atoms with Crippen molar-refractivity contribution in [3.05, 3.63) is 41.0 Å². The number of aryl methyl sites for hydroxylation is 2. The van der Waals surface area contributed by atoms with Crippen molar-refractivity contribution in [3.63, 3.8) is 0 Å². The summed E-state index contributed by atoms with van der Waals surface area (Å²) in [5.74, 6) is 1.74. The minimum atomic E-state index is -0.0897. The fraction of sp³-hybridized carbons (Fsp3) is 0.471. The van der Waals surface area contributed by atoms with E-state index < -0.39 is 0 Å². The average molecular weight is 314 g/mol. The van der Waals surface area contributed by atoms with E-state index in [1.807, 2.05) is 39.0 Å². The lowest BCUT2D eigenvalue weighted by atomic mass is 10.0. The number of urea groups is 1. The van der Waals surface area contributed by atoms with E-state index >= 15 is 0 Å². The Kier molecular flexibility index (Phi) is 4.07. The van der Waals surface area contributed by atoms with Crippen LogP contribution in [0, 0.1) is 13.8 Å². The number of nitrogens with one attached hydrogen (secondary N) is 1. The number of carbonyl (C=O) groups excluding carboxylic acids is 1. The van der Waals surface area contributed by atoms with Gasteiger partial charge in [0.1, 0.15) is 0 Å². The standard InChI is InChI=1S/C17H22N4O2/c1-10(2)15-19-16(23-20-15)13-8-21(9-13)17(22)18-14-6-5-11(3)12(4)7-14/h5-7,10,13H,8-9H2,1-4H3,(H,18,22). The van der Waals surface area contributed by atoms with Crippen LogP contribution < -0.4 is 5.32 Å². The van der Waals surface area contributed by atoms with Crippen LogP contribution in [0.1, 0.15) is 48.5 Å².